The number of ether oxygens (including phenoxy) is 1. The molecule has 4 nitrogen and oxygen atoms in total. The maximum atomic E-state index is 11.5. The summed E-state index contributed by atoms with van der Waals surface area (Å²) in [5, 5.41) is 9.61. The summed E-state index contributed by atoms with van der Waals surface area (Å²) in [6, 6.07) is 6.89. The van der Waals surface area contributed by atoms with Gasteiger partial charge in [-0.15, -0.1) is 0 Å². The number of aliphatic hydroxyl groups excluding tert-OH is 1. The van der Waals surface area contributed by atoms with Gasteiger partial charge >= 0.3 is 0 Å². The quantitative estimate of drug-likeness (QED) is 0.856. The molecule has 5 heteroatoms. The number of hydrogen-bond donors (Lipinski definition) is 1. The van der Waals surface area contributed by atoms with Gasteiger partial charge in [0, 0.05) is 18.1 Å². The number of nitrogens with zero attached hydrogens (tertiary/aromatic N) is 1. The van der Waals surface area contributed by atoms with Crippen LogP contribution in [0.25, 0.3) is 0 Å². The summed E-state index contributed by atoms with van der Waals surface area (Å²) in [4.78, 5) is 13.0. The third-order valence-electron chi connectivity index (χ3n) is 2.37. The smallest absolute Gasteiger partial charge is 0.260 e. The SMILES string of the molecule is O=C(COc1cccc(Cl)c1)N1CC(O)C1. The van der Waals surface area contributed by atoms with Crippen LogP contribution in [0, 0.1) is 0 Å². The molecule has 0 unspecified atom stereocenters. The van der Waals surface area contributed by atoms with Crippen molar-refractivity contribution in [3.63, 3.8) is 0 Å². The van der Waals surface area contributed by atoms with Crippen molar-refractivity contribution in [2.24, 2.45) is 0 Å². The van der Waals surface area contributed by atoms with Gasteiger partial charge in [-0.2, -0.15) is 0 Å². The summed E-state index contributed by atoms with van der Waals surface area (Å²) in [6.07, 6.45) is -0.380. The van der Waals surface area contributed by atoms with Crippen LogP contribution in [0.2, 0.25) is 5.02 Å². The first kappa shape index (κ1) is 11.2. The van der Waals surface area contributed by atoms with E-state index in [4.69, 9.17) is 21.4 Å². The van der Waals surface area contributed by atoms with Crippen LogP contribution < -0.4 is 4.74 Å². The largest absolute Gasteiger partial charge is 0.484 e. The highest BCUT2D eigenvalue weighted by molar-refractivity contribution is 6.30. The third-order valence-corrected chi connectivity index (χ3v) is 2.61. The molecule has 1 aliphatic rings. The average Bonchev–Trinajstić information content (AvgIpc) is 2.22. The Morgan fingerprint density at radius 1 is 1.56 bits per heavy atom. The van der Waals surface area contributed by atoms with E-state index in [1.54, 1.807) is 29.2 Å². The summed E-state index contributed by atoms with van der Waals surface area (Å²) in [5.41, 5.74) is 0. The fourth-order valence-electron chi connectivity index (χ4n) is 1.45. The molecule has 1 fully saturated rings. The van der Waals surface area contributed by atoms with Crippen molar-refractivity contribution in [2.75, 3.05) is 19.7 Å². The van der Waals surface area contributed by atoms with Gasteiger partial charge in [-0.25, -0.2) is 0 Å². The lowest BCUT2D eigenvalue weighted by Gasteiger charge is -2.35. The molecule has 0 spiro atoms. The highest BCUT2D eigenvalue weighted by Gasteiger charge is 2.28. The Bertz CT molecular complexity index is 391. The third kappa shape index (κ3) is 2.65. The fraction of sp³-hybridized carbons (Fsp3) is 0.364. The number of aliphatic hydroxyl groups is 1. The van der Waals surface area contributed by atoms with E-state index in [-0.39, 0.29) is 18.6 Å². The molecule has 1 aromatic rings. The first-order valence-corrected chi connectivity index (χ1v) is 5.37. The zero-order valence-corrected chi connectivity index (χ0v) is 9.35. The zero-order chi connectivity index (χ0) is 11.5. The first-order chi connectivity index (χ1) is 7.65. The monoisotopic (exact) mass is 241 g/mol. The Kier molecular flexibility index (Phi) is 3.31. The number of rotatable bonds is 3. The van der Waals surface area contributed by atoms with Crippen molar-refractivity contribution in [2.45, 2.75) is 6.10 Å². The van der Waals surface area contributed by atoms with Crippen molar-refractivity contribution in [3.05, 3.63) is 29.3 Å². The van der Waals surface area contributed by atoms with Crippen LogP contribution in [0.4, 0.5) is 0 Å². The Balaban J connectivity index is 1.81. The molecule has 0 bridgehead atoms. The van der Waals surface area contributed by atoms with Gasteiger partial charge in [-0.1, -0.05) is 17.7 Å². The summed E-state index contributed by atoms with van der Waals surface area (Å²) in [7, 11) is 0. The Hall–Kier alpha value is -1.26. The van der Waals surface area contributed by atoms with Gasteiger partial charge < -0.3 is 14.7 Å². The number of carbonyl (C=O) groups is 1. The molecule has 0 saturated carbocycles. The molecule has 1 aromatic carbocycles. The van der Waals surface area contributed by atoms with E-state index in [0.717, 1.165) is 0 Å². The summed E-state index contributed by atoms with van der Waals surface area (Å²) in [6.45, 7) is 0.780. The van der Waals surface area contributed by atoms with Crippen LogP contribution in [0.5, 0.6) is 5.75 Å². The minimum atomic E-state index is -0.380. The van der Waals surface area contributed by atoms with Crippen molar-refractivity contribution in [1.82, 2.24) is 4.90 Å². The van der Waals surface area contributed by atoms with Gasteiger partial charge in [-0.05, 0) is 18.2 Å². The Labute approximate surface area is 98.4 Å². The van der Waals surface area contributed by atoms with Crippen molar-refractivity contribution in [1.29, 1.82) is 0 Å². The van der Waals surface area contributed by atoms with Gasteiger partial charge in [0.2, 0.25) is 0 Å². The van der Waals surface area contributed by atoms with Crippen LogP contribution in [0.15, 0.2) is 24.3 Å². The minimum Gasteiger partial charge on any atom is -0.484 e. The van der Waals surface area contributed by atoms with E-state index < -0.39 is 0 Å². The zero-order valence-electron chi connectivity index (χ0n) is 8.60. The highest BCUT2D eigenvalue weighted by atomic mass is 35.5. The maximum Gasteiger partial charge on any atom is 0.260 e. The van der Waals surface area contributed by atoms with Gasteiger partial charge in [0.25, 0.3) is 5.91 Å². The molecule has 1 aliphatic heterocycles. The lowest BCUT2D eigenvalue weighted by molar-refractivity contribution is -0.143. The van der Waals surface area contributed by atoms with E-state index in [0.29, 0.717) is 23.9 Å². The number of carbonyl (C=O) groups excluding carboxylic acids is 1. The van der Waals surface area contributed by atoms with Crippen LogP contribution >= 0.6 is 11.6 Å². The average molecular weight is 242 g/mol. The second kappa shape index (κ2) is 4.72. The second-order valence-electron chi connectivity index (χ2n) is 3.70. The molecule has 1 heterocycles. The second-order valence-corrected chi connectivity index (χ2v) is 4.14. The molecule has 16 heavy (non-hydrogen) atoms. The van der Waals surface area contributed by atoms with Crippen LogP contribution in [0.1, 0.15) is 0 Å². The van der Waals surface area contributed by atoms with E-state index in [1.807, 2.05) is 0 Å². The summed E-state index contributed by atoms with van der Waals surface area (Å²) < 4.78 is 5.28. The number of β-amino-alcohol motifs (C(OH)–C–C–N with tert-alkyl or cyclic N) is 1. The number of benzene rings is 1. The van der Waals surface area contributed by atoms with E-state index in [9.17, 15) is 4.79 Å². The lowest BCUT2D eigenvalue weighted by atomic mass is 10.2. The van der Waals surface area contributed by atoms with Crippen LogP contribution in [-0.2, 0) is 4.79 Å². The molecule has 1 amide bonds. The van der Waals surface area contributed by atoms with Crippen molar-refractivity contribution < 1.29 is 14.6 Å². The normalized spacial score (nSPS) is 15.8. The fourth-order valence-corrected chi connectivity index (χ4v) is 1.63. The molecule has 0 aliphatic carbocycles. The lowest BCUT2D eigenvalue weighted by Crippen LogP contribution is -2.54. The predicted molar refractivity (Wildman–Crippen MR) is 59.5 cm³/mol. The van der Waals surface area contributed by atoms with E-state index in [1.165, 1.54) is 0 Å². The molecule has 86 valence electrons. The molecule has 1 N–H and O–H groups in total. The number of amides is 1. The predicted octanol–water partition coefficient (Wildman–Crippen LogP) is 0.922. The summed E-state index contributed by atoms with van der Waals surface area (Å²) >= 11 is 5.77. The molecular formula is C11H12ClNO3. The van der Waals surface area contributed by atoms with Gasteiger partial charge in [0.1, 0.15) is 5.75 Å². The van der Waals surface area contributed by atoms with Gasteiger partial charge in [0.05, 0.1) is 6.10 Å². The molecule has 0 radical (unpaired) electrons. The van der Waals surface area contributed by atoms with Crippen molar-refractivity contribution >= 4 is 17.5 Å². The Morgan fingerprint density at radius 2 is 2.31 bits per heavy atom. The minimum absolute atomic E-state index is 0.0208. The molecular weight excluding hydrogens is 230 g/mol. The molecule has 0 aromatic heterocycles. The van der Waals surface area contributed by atoms with E-state index in [2.05, 4.69) is 0 Å². The highest BCUT2D eigenvalue weighted by Crippen LogP contribution is 2.17. The van der Waals surface area contributed by atoms with Crippen LogP contribution in [0.3, 0.4) is 0 Å². The maximum absolute atomic E-state index is 11.5. The molecule has 2 rings (SSSR count). The number of hydrogen-bond acceptors (Lipinski definition) is 3. The standard InChI is InChI=1S/C11H12ClNO3/c12-8-2-1-3-10(4-8)16-7-11(15)13-5-9(14)6-13/h1-4,9,14H,5-7H2. The summed E-state index contributed by atoms with van der Waals surface area (Å²) in [5.74, 6) is 0.451. The molecule has 0 atom stereocenters. The number of likely N-dealkylation sites (tertiary alicyclic amines) is 1. The topological polar surface area (TPSA) is 49.8 Å². The van der Waals surface area contributed by atoms with Crippen LogP contribution in [-0.4, -0.2) is 41.7 Å². The first-order valence-electron chi connectivity index (χ1n) is 4.99. The molecule has 1 saturated heterocycles. The Morgan fingerprint density at radius 3 is 2.94 bits per heavy atom. The van der Waals surface area contributed by atoms with Gasteiger partial charge in [0.15, 0.2) is 6.61 Å². The number of halogens is 1. The van der Waals surface area contributed by atoms with Crippen molar-refractivity contribution in [3.8, 4) is 5.75 Å². The van der Waals surface area contributed by atoms with E-state index >= 15 is 0 Å². The van der Waals surface area contributed by atoms with Gasteiger partial charge in [-0.3, -0.25) is 4.79 Å².